The van der Waals surface area contributed by atoms with Gasteiger partial charge in [0.25, 0.3) is 5.91 Å². The zero-order valence-electron chi connectivity index (χ0n) is 13.5. The van der Waals surface area contributed by atoms with Crippen molar-refractivity contribution >= 4 is 11.9 Å². The van der Waals surface area contributed by atoms with Crippen LogP contribution < -0.4 is 5.32 Å². The minimum atomic E-state index is -1.10. The van der Waals surface area contributed by atoms with Gasteiger partial charge in [-0.25, -0.2) is 4.79 Å². The fourth-order valence-corrected chi connectivity index (χ4v) is 2.50. The molecule has 2 rings (SSSR count). The highest BCUT2D eigenvalue weighted by atomic mass is 16.4. The number of aliphatic carboxylic acids is 1. The first-order valence-electron chi connectivity index (χ1n) is 7.50. The number of nitrogens with zero attached hydrogens (tertiary/aromatic N) is 1. The van der Waals surface area contributed by atoms with Crippen LogP contribution >= 0.6 is 0 Å². The fourth-order valence-electron chi connectivity index (χ4n) is 2.50. The third-order valence-electron chi connectivity index (χ3n) is 3.61. The Morgan fingerprint density at radius 1 is 1.12 bits per heavy atom. The Kier molecular flexibility index (Phi) is 5.33. The smallest absolute Gasteiger partial charge is 0.326 e. The maximum Gasteiger partial charge on any atom is 0.326 e. The molecule has 0 aliphatic heterocycles. The summed E-state index contributed by atoms with van der Waals surface area (Å²) in [6.45, 7) is 3.77. The Balaban J connectivity index is 2.14. The standard InChI is InChI=1S/C19H18N2O3/c1-12-7-13(2)9-16(8-12)18(22)21-17(19(23)24)10-14-3-5-15(11-20)6-4-14/h3-9,17H,10H2,1-2H3,(H,21,22)(H,23,24)/t17-/m1/s1. The number of nitriles is 1. The first-order valence-corrected chi connectivity index (χ1v) is 7.50. The first-order chi connectivity index (χ1) is 11.4. The highest BCUT2D eigenvalue weighted by molar-refractivity contribution is 5.97. The molecule has 2 aromatic carbocycles. The van der Waals surface area contributed by atoms with Crippen molar-refractivity contribution in [2.45, 2.75) is 26.3 Å². The Morgan fingerprint density at radius 2 is 1.71 bits per heavy atom. The van der Waals surface area contributed by atoms with Gasteiger partial charge in [-0.1, -0.05) is 29.3 Å². The molecule has 0 saturated heterocycles. The Morgan fingerprint density at radius 3 is 2.21 bits per heavy atom. The van der Waals surface area contributed by atoms with Crippen molar-refractivity contribution in [3.8, 4) is 6.07 Å². The molecule has 0 aliphatic carbocycles. The number of carbonyl (C=O) groups is 2. The molecule has 0 fully saturated rings. The van der Waals surface area contributed by atoms with Crippen molar-refractivity contribution in [2.75, 3.05) is 0 Å². The number of carboxylic acid groups (broad SMARTS) is 1. The monoisotopic (exact) mass is 322 g/mol. The normalized spacial score (nSPS) is 11.4. The summed E-state index contributed by atoms with van der Waals surface area (Å²) in [4.78, 5) is 23.8. The SMILES string of the molecule is Cc1cc(C)cc(C(=O)N[C@H](Cc2ccc(C#N)cc2)C(=O)O)c1. The molecular formula is C19H18N2O3. The predicted octanol–water partition coefficient (Wildman–Crippen LogP) is 2.60. The van der Waals surface area contributed by atoms with Crippen LogP contribution in [0.1, 0.15) is 32.6 Å². The number of carboxylic acids is 1. The van der Waals surface area contributed by atoms with Gasteiger partial charge < -0.3 is 10.4 Å². The van der Waals surface area contributed by atoms with Gasteiger partial charge in [-0.3, -0.25) is 4.79 Å². The lowest BCUT2D eigenvalue weighted by atomic mass is 10.0. The van der Waals surface area contributed by atoms with Crippen molar-refractivity contribution in [1.82, 2.24) is 5.32 Å². The molecule has 0 heterocycles. The van der Waals surface area contributed by atoms with Crippen LogP contribution in [0.4, 0.5) is 0 Å². The van der Waals surface area contributed by atoms with E-state index in [1.54, 1.807) is 36.4 Å². The summed E-state index contributed by atoms with van der Waals surface area (Å²) in [6.07, 6.45) is 0.150. The van der Waals surface area contributed by atoms with Gasteiger partial charge in [0.05, 0.1) is 11.6 Å². The number of hydrogen-bond acceptors (Lipinski definition) is 3. The maximum atomic E-state index is 12.3. The van der Waals surface area contributed by atoms with Gasteiger partial charge in [-0.2, -0.15) is 5.26 Å². The Labute approximate surface area is 140 Å². The molecule has 0 unspecified atom stereocenters. The third kappa shape index (κ3) is 4.43. The van der Waals surface area contributed by atoms with E-state index in [0.717, 1.165) is 16.7 Å². The number of carbonyl (C=O) groups excluding carboxylic acids is 1. The summed E-state index contributed by atoms with van der Waals surface area (Å²) in [7, 11) is 0. The second kappa shape index (κ2) is 7.42. The number of amides is 1. The van der Waals surface area contributed by atoms with Crippen LogP contribution in [-0.4, -0.2) is 23.0 Å². The highest BCUT2D eigenvalue weighted by Gasteiger charge is 2.21. The van der Waals surface area contributed by atoms with E-state index in [1.165, 1.54) is 0 Å². The predicted molar refractivity (Wildman–Crippen MR) is 89.7 cm³/mol. The zero-order valence-corrected chi connectivity index (χ0v) is 13.5. The van der Waals surface area contributed by atoms with Crippen molar-refractivity contribution in [2.24, 2.45) is 0 Å². The molecule has 5 heteroatoms. The summed E-state index contributed by atoms with van der Waals surface area (Å²) < 4.78 is 0. The molecule has 0 bridgehead atoms. The fraction of sp³-hybridized carbons (Fsp3) is 0.211. The van der Waals surface area contributed by atoms with Gasteiger partial charge in [0.15, 0.2) is 0 Å². The molecule has 1 atom stereocenters. The van der Waals surface area contributed by atoms with Gasteiger partial charge in [0, 0.05) is 12.0 Å². The average molecular weight is 322 g/mol. The largest absolute Gasteiger partial charge is 0.480 e. The van der Waals surface area contributed by atoms with Gasteiger partial charge in [-0.15, -0.1) is 0 Å². The lowest BCUT2D eigenvalue weighted by Gasteiger charge is -2.15. The average Bonchev–Trinajstić information content (AvgIpc) is 2.53. The molecule has 2 N–H and O–H groups in total. The highest BCUT2D eigenvalue weighted by Crippen LogP contribution is 2.11. The van der Waals surface area contributed by atoms with Crippen LogP contribution in [0, 0.1) is 25.2 Å². The molecule has 0 spiro atoms. The van der Waals surface area contributed by atoms with Crippen molar-refractivity contribution < 1.29 is 14.7 Å². The third-order valence-corrected chi connectivity index (χ3v) is 3.61. The van der Waals surface area contributed by atoms with Crippen molar-refractivity contribution in [3.05, 3.63) is 70.3 Å². The van der Waals surface area contributed by atoms with Crippen LogP contribution in [-0.2, 0) is 11.2 Å². The molecule has 1 amide bonds. The summed E-state index contributed by atoms with van der Waals surface area (Å²) in [5.41, 5.74) is 3.57. The zero-order chi connectivity index (χ0) is 17.7. The van der Waals surface area contributed by atoms with E-state index in [2.05, 4.69) is 5.32 Å². The molecule has 0 saturated carbocycles. The van der Waals surface area contributed by atoms with Crippen LogP contribution in [0.15, 0.2) is 42.5 Å². The van der Waals surface area contributed by atoms with E-state index >= 15 is 0 Å². The molecule has 0 aromatic heterocycles. The minimum Gasteiger partial charge on any atom is -0.480 e. The lowest BCUT2D eigenvalue weighted by Crippen LogP contribution is -2.42. The van der Waals surface area contributed by atoms with E-state index in [4.69, 9.17) is 5.26 Å². The van der Waals surface area contributed by atoms with E-state index in [-0.39, 0.29) is 6.42 Å². The van der Waals surface area contributed by atoms with Crippen LogP contribution in [0.2, 0.25) is 0 Å². The number of rotatable bonds is 5. The van der Waals surface area contributed by atoms with Crippen molar-refractivity contribution in [1.29, 1.82) is 5.26 Å². The summed E-state index contributed by atoms with van der Waals surface area (Å²) in [5, 5.41) is 20.7. The first kappa shape index (κ1) is 17.2. The number of benzene rings is 2. The second-order valence-corrected chi connectivity index (χ2v) is 5.75. The second-order valence-electron chi connectivity index (χ2n) is 5.75. The molecule has 24 heavy (non-hydrogen) atoms. The van der Waals surface area contributed by atoms with Gasteiger partial charge in [-0.05, 0) is 43.7 Å². The number of aryl methyl sites for hydroxylation is 2. The van der Waals surface area contributed by atoms with E-state index < -0.39 is 17.9 Å². The van der Waals surface area contributed by atoms with Gasteiger partial charge in [0.2, 0.25) is 0 Å². The van der Waals surface area contributed by atoms with E-state index in [1.807, 2.05) is 26.0 Å². The maximum absolute atomic E-state index is 12.3. The van der Waals surface area contributed by atoms with Crippen LogP contribution in [0.25, 0.3) is 0 Å². The minimum absolute atomic E-state index is 0.150. The summed E-state index contributed by atoms with van der Waals surface area (Å²) in [5.74, 6) is -1.51. The molecule has 122 valence electrons. The van der Waals surface area contributed by atoms with Gasteiger partial charge in [0.1, 0.15) is 6.04 Å². The topological polar surface area (TPSA) is 90.2 Å². The Hall–Kier alpha value is -3.13. The number of hydrogen-bond donors (Lipinski definition) is 2. The van der Waals surface area contributed by atoms with Crippen molar-refractivity contribution in [3.63, 3.8) is 0 Å². The van der Waals surface area contributed by atoms with Crippen LogP contribution in [0.3, 0.4) is 0 Å². The van der Waals surface area contributed by atoms with E-state index in [0.29, 0.717) is 11.1 Å². The molecule has 0 radical (unpaired) electrons. The quantitative estimate of drug-likeness (QED) is 0.885. The van der Waals surface area contributed by atoms with E-state index in [9.17, 15) is 14.7 Å². The van der Waals surface area contributed by atoms with Crippen LogP contribution in [0.5, 0.6) is 0 Å². The lowest BCUT2D eigenvalue weighted by molar-refractivity contribution is -0.139. The molecular weight excluding hydrogens is 304 g/mol. The molecule has 2 aromatic rings. The summed E-state index contributed by atoms with van der Waals surface area (Å²) in [6, 6.07) is 13.0. The number of nitrogens with one attached hydrogen (secondary N) is 1. The Bertz CT molecular complexity index is 784. The molecule has 5 nitrogen and oxygen atoms in total. The summed E-state index contributed by atoms with van der Waals surface area (Å²) >= 11 is 0. The van der Waals surface area contributed by atoms with Gasteiger partial charge >= 0.3 is 5.97 Å². The molecule has 0 aliphatic rings.